The van der Waals surface area contributed by atoms with Crippen molar-refractivity contribution in [3.05, 3.63) is 91.5 Å². The molecule has 3 aromatic rings. The Morgan fingerprint density at radius 3 is 2.39 bits per heavy atom. The first-order valence-electron chi connectivity index (χ1n) is 9.51. The molecule has 6 nitrogen and oxygen atoms in total. The lowest BCUT2D eigenvalue weighted by Crippen LogP contribution is -2.20. The van der Waals surface area contributed by atoms with Crippen molar-refractivity contribution in [2.75, 3.05) is 17.2 Å². The highest BCUT2D eigenvalue weighted by Crippen LogP contribution is 2.25. The predicted molar refractivity (Wildman–Crippen MR) is 138 cm³/mol. The highest BCUT2D eigenvalue weighted by Gasteiger charge is 2.11. The van der Waals surface area contributed by atoms with Crippen LogP contribution in [0.2, 0.25) is 10.0 Å². The summed E-state index contributed by atoms with van der Waals surface area (Å²) in [4.78, 5) is 24.5. The lowest BCUT2D eigenvalue weighted by atomic mass is 10.1. The number of amides is 2. The number of hydrogen-bond acceptors (Lipinski definition) is 4. The Morgan fingerprint density at radius 2 is 1.73 bits per heavy atom. The van der Waals surface area contributed by atoms with Gasteiger partial charge >= 0.3 is 0 Å². The number of carbonyl (C=O) groups excluding carboxylic acids is 2. The summed E-state index contributed by atoms with van der Waals surface area (Å²) in [6.45, 7) is -0.211. The molecular formula is C24H16Cl2IN3O3. The van der Waals surface area contributed by atoms with Crippen LogP contribution in [0.3, 0.4) is 0 Å². The summed E-state index contributed by atoms with van der Waals surface area (Å²) in [7, 11) is 0. The van der Waals surface area contributed by atoms with Crippen molar-refractivity contribution < 1.29 is 14.3 Å². The van der Waals surface area contributed by atoms with Crippen molar-refractivity contribution in [3.8, 4) is 11.8 Å². The first-order valence-corrected chi connectivity index (χ1v) is 11.3. The van der Waals surface area contributed by atoms with Crippen LogP contribution in [0.5, 0.6) is 5.75 Å². The van der Waals surface area contributed by atoms with Gasteiger partial charge in [-0.25, -0.2) is 0 Å². The topological polar surface area (TPSA) is 91.2 Å². The normalized spacial score (nSPS) is 10.8. The molecule has 0 heterocycles. The van der Waals surface area contributed by atoms with E-state index in [4.69, 9.17) is 27.9 Å². The van der Waals surface area contributed by atoms with E-state index in [1.165, 1.54) is 6.08 Å². The number of carbonyl (C=O) groups is 2. The van der Waals surface area contributed by atoms with Crippen molar-refractivity contribution in [1.82, 2.24) is 0 Å². The van der Waals surface area contributed by atoms with E-state index in [1.54, 1.807) is 54.6 Å². The van der Waals surface area contributed by atoms with Gasteiger partial charge in [0.15, 0.2) is 6.61 Å². The average Bonchev–Trinajstić information content (AvgIpc) is 2.80. The molecule has 0 atom stereocenters. The fourth-order valence-electron chi connectivity index (χ4n) is 2.65. The van der Waals surface area contributed by atoms with Crippen molar-refractivity contribution in [3.63, 3.8) is 0 Å². The largest absolute Gasteiger partial charge is 0.484 e. The first kappa shape index (κ1) is 24.6. The lowest BCUT2D eigenvalue weighted by Gasteiger charge is -2.09. The van der Waals surface area contributed by atoms with E-state index in [0.717, 1.165) is 3.57 Å². The van der Waals surface area contributed by atoms with Gasteiger partial charge in [-0.15, -0.1) is 0 Å². The molecule has 0 radical (unpaired) electrons. The van der Waals surface area contributed by atoms with Crippen LogP contribution in [-0.4, -0.2) is 18.4 Å². The second-order valence-electron chi connectivity index (χ2n) is 6.64. The van der Waals surface area contributed by atoms with Crippen molar-refractivity contribution in [2.45, 2.75) is 0 Å². The van der Waals surface area contributed by atoms with Crippen LogP contribution in [0, 0.1) is 14.9 Å². The molecule has 0 spiro atoms. The van der Waals surface area contributed by atoms with Gasteiger partial charge in [-0.2, -0.15) is 5.26 Å². The summed E-state index contributed by atoms with van der Waals surface area (Å²) in [6, 6.07) is 20.6. The minimum atomic E-state index is -0.499. The smallest absolute Gasteiger partial charge is 0.266 e. The van der Waals surface area contributed by atoms with Gasteiger partial charge in [0.05, 0.1) is 15.7 Å². The van der Waals surface area contributed by atoms with Gasteiger partial charge in [-0.05, 0) is 76.7 Å². The minimum Gasteiger partial charge on any atom is -0.484 e. The van der Waals surface area contributed by atoms with E-state index in [-0.39, 0.29) is 18.1 Å². The molecule has 33 heavy (non-hydrogen) atoms. The van der Waals surface area contributed by atoms with Crippen LogP contribution < -0.4 is 15.4 Å². The van der Waals surface area contributed by atoms with E-state index < -0.39 is 5.91 Å². The summed E-state index contributed by atoms with van der Waals surface area (Å²) >= 11 is 13.9. The summed E-state index contributed by atoms with van der Waals surface area (Å²) in [5.41, 5.74) is 1.74. The molecule has 0 aromatic heterocycles. The van der Waals surface area contributed by atoms with Crippen molar-refractivity contribution >= 4 is 75.1 Å². The molecule has 9 heteroatoms. The average molecular weight is 592 g/mol. The third-order valence-electron chi connectivity index (χ3n) is 4.25. The molecule has 0 aliphatic rings. The molecular weight excluding hydrogens is 576 g/mol. The second-order valence-corrected chi connectivity index (χ2v) is 8.62. The lowest BCUT2D eigenvalue weighted by molar-refractivity contribution is -0.118. The van der Waals surface area contributed by atoms with Crippen LogP contribution >= 0.6 is 45.8 Å². The number of nitrogens with one attached hydrogen (secondary N) is 2. The summed E-state index contributed by atoms with van der Waals surface area (Å²) in [6.07, 6.45) is 1.48. The molecule has 0 bridgehead atoms. The molecule has 0 aliphatic carbocycles. The summed E-state index contributed by atoms with van der Waals surface area (Å²) in [5.74, 6) is -0.407. The van der Waals surface area contributed by atoms with Gasteiger partial charge in [0, 0.05) is 9.26 Å². The number of halogens is 3. The standard InChI is InChI=1S/C24H16Cl2IN3O3/c25-19-10-7-17(12-20(19)26)29-23(31)14-33-18-8-5-15(6-9-18)11-16(13-28)24(32)30-22-4-2-1-3-21(22)27/h1-12H,14H2,(H,29,31)(H,30,32)/b16-11-. The summed E-state index contributed by atoms with van der Waals surface area (Å²) in [5, 5.41) is 15.5. The molecule has 2 N–H and O–H groups in total. The molecule has 166 valence electrons. The Hall–Kier alpha value is -3.06. The number of para-hydroxylation sites is 1. The first-order chi connectivity index (χ1) is 15.9. The third-order valence-corrected chi connectivity index (χ3v) is 5.93. The maximum Gasteiger partial charge on any atom is 0.266 e. The molecule has 3 rings (SSSR count). The van der Waals surface area contributed by atoms with Gasteiger partial charge in [0.25, 0.3) is 11.8 Å². The zero-order chi connectivity index (χ0) is 23.8. The number of benzene rings is 3. The molecule has 0 saturated heterocycles. The number of hydrogen-bond donors (Lipinski definition) is 2. The zero-order valence-corrected chi connectivity index (χ0v) is 20.6. The number of nitriles is 1. The van der Waals surface area contributed by atoms with Crippen molar-refractivity contribution in [2.24, 2.45) is 0 Å². The zero-order valence-electron chi connectivity index (χ0n) is 16.9. The summed E-state index contributed by atoms with van der Waals surface area (Å²) < 4.78 is 6.35. The number of rotatable bonds is 7. The van der Waals surface area contributed by atoms with Crippen LogP contribution in [0.4, 0.5) is 11.4 Å². The fourth-order valence-corrected chi connectivity index (χ4v) is 3.47. The highest BCUT2D eigenvalue weighted by molar-refractivity contribution is 14.1. The Kier molecular flexibility index (Phi) is 8.72. The fraction of sp³-hybridized carbons (Fsp3) is 0.0417. The van der Waals surface area contributed by atoms with Crippen molar-refractivity contribution in [1.29, 1.82) is 5.26 Å². The SMILES string of the molecule is N#C/C(=C/c1ccc(OCC(=O)Nc2ccc(Cl)c(Cl)c2)cc1)C(=O)Nc1ccccc1I. The maximum atomic E-state index is 12.4. The number of nitrogens with zero attached hydrogens (tertiary/aromatic N) is 1. The molecule has 0 aliphatic heterocycles. The maximum absolute atomic E-state index is 12.4. The Morgan fingerprint density at radius 1 is 1.00 bits per heavy atom. The van der Waals surface area contributed by atoms with E-state index in [9.17, 15) is 14.9 Å². The monoisotopic (exact) mass is 591 g/mol. The third kappa shape index (κ3) is 7.22. The number of anilines is 2. The van der Waals surface area contributed by atoms with Crippen LogP contribution in [0.25, 0.3) is 6.08 Å². The highest BCUT2D eigenvalue weighted by atomic mass is 127. The van der Waals surface area contributed by atoms with Gasteiger partial charge in [0.2, 0.25) is 0 Å². The van der Waals surface area contributed by atoms with Crippen LogP contribution in [0.15, 0.2) is 72.3 Å². The van der Waals surface area contributed by atoms with E-state index in [0.29, 0.717) is 32.7 Å². The molecule has 0 fully saturated rings. The molecule has 0 unspecified atom stereocenters. The van der Waals surface area contributed by atoms with Crippen LogP contribution in [-0.2, 0) is 9.59 Å². The Labute approximate surface area is 214 Å². The molecule has 0 saturated carbocycles. The Bertz CT molecular complexity index is 1250. The molecule has 2 amide bonds. The van der Waals surface area contributed by atoms with E-state index in [1.807, 2.05) is 18.2 Å². The van der Waals surface area contributed by atoms with Gasteiger partial charge in [-0.1, -0.05) is 47.5 Å². The number of ether oxygens (including phenoxy) is 1. The Balaban J connectivity index is 1.58. The quantitative estimate of drug-likeness (QED) is 0.195. The van der Waals surface area contributed by atoms with Crippen LogP contribution in [0.1, 0.15) is 5.56 Å². The van der Waals surface area contributed by atoms with Gasteiger partial charge < -0.3 is 15.4 Å². The predicted octanol–water partition coefficient (Wildman–Crippen LogP) is 6.16. The van der Waals surface area contributed by atoms with E-state index >= 15 is 0 Å². The minimum absolute atomic E-state index is 0.0377. The van der Waals surface area contributed by atoms with E-state index in [2.05, 4.69) is 33.2 Å². The second kappa shape index (κ2) is 11.7. The van der Waals surface area contributed by atoms with Gasteiger partial charge in [0.1, 0.15) is 17.4 Å². The molecule has 3 aromatic carbocycles. The van der Waals surface area contributed by atoms with Gasteiger partial charge in [-0.3, -0.25) is 9.59 Å².